The molecule has 2 rings (SSSR count). The van der Waals surface area contributed by atoms with Crippen LogP contribution in [0.3, 0.4) is 0 Å². The van der Waals surface area contributed by atoms with E-state index in [4.69, 9.17) is 4.74 Å². The molecule has 0 aromatic heterocycles. The number of benzene rings is 2. The third-order valence-corrected chi connectivity index (χ3v) is 3.42. The summed E-state index contributed by atoms with van der Waals surface area (Å²) in [4.78, 5) is 11.3. The minimum atomic E-state index is -0.789. The number of hydrogen-bond donors (Lipinski definition) is 1. The van der Waals surface area contributed by atoms with E-state index in [-0.39, 0.29) is 5.92 Å². The van der Waals surface area contributed by atoms with Gasteiger partial charge in [-0.1, -0.05) is 56.3 Å². The Hall–Kier alpha value is -2.29. The zero-order valence-corrected chi connectivity index (χ0v) is 12.3. The number of carbonyl (C=O) groups is 1. The lowest BCUT2D eigenvalue weighted by atomic mass is 9.88. The van der Waals surface area contributed by atoms with E-state index in [0.29, 0.717) is 6.61 Å². The van der Waals surface area contributed by atoms with Gasteiger partial charge in [-0.2, -0.15) is 0 Å². The van der Waals surface area contributed by atoms with Crippen LogP contribution < -0.4 is 4.74 Å². The maximum Gasteiger partial charge on any atom is 0.311 e. The maximum atomic E-state index is 11.3. The van der Waals surface area contributed by atoms with Gasteiger partial charge in [0.15, 0.2) is 0 Å². The first-order chi connectivity index (χ1) is 10.1. The molecule has 2 aromatic rings. The molecule has 0 saturated carbocycles. The molecule has 110 valence electrons. The van der Waals surface area contributed by atoms with Gasteiger partial charge in [0.05, 0.1) is 5.92 Å². The van der Waals surface area contributed by atoms with Crippen molar-refractivity contribution in [1.82, 2.24) is 0 Å². The van der Waals surface area contributed by atoms with Crippen molar-refractivity contribution < 1.29 is 14.6 Å². The topological polar surface area (TPSA) is 46.5 Å². The first-order valence-electron chi connectivity index (χ1n) is 7.07. The lowest BCUT2D eigenvalue weighted by Crippen LogP contribution is -2.17. The molecule has 0 aliphatic rings. The fourth-order valence-corrected chi connectivity index (χ4v) is 2.32. The normalized spacial score (nSPS) is 12.1. The van der Waals surface area contributed by atoms with Gasteiger partial charge >= 0.3 is 5.97 Å². The summed E-state index contributed by atoms with van der Waals surface area (Å²) in [6, 6.07) is 17.3. The summed E-state index contributed by atoms with van der Waals surface area (Å²) in [5.41, 5.74) is 1.91. The Labute approximate surface area is 125 Å². The molecule has 3 nitrogen and oxygen atoms in total. The first-order valence-corrected chi connectivity index (χ1v) is 7.07. The zero-order chi connectivity index (χ0) is 15.2. The Morgan fingerprint density at radius 1 is 1.05 bits per heavy atom. The summed E-state index contributed by atoms with van der Waals surface area (Å²) >= 11 is 0. The fourth-order valence-electron chi connectivity index (χ4n) is 2.32. The average Bonchev–Trinajstić information content (AvgIpc) is 2.47. The highest BCUT2D eigenvalue weighted by Crippen LogP contribution is 2.26. The Bertz CT molecular complexity index is 573. The zero-order valence-electron chi connectivity index (χ0n) is 12.3. The van der Waals surface area contributed by atoms with Crippen molar-refractivity contribution in [1.29, 1.82) is 0 Å². The molecule has 0 saturated heterocycles. The van der Waals surface area contributed by atoms with Crippen LogP contribution in [0.4, 0.5) is 0 Å². The molecule has 0 heterocycles. The monoisotopic (exact) mass is 284 g/mol. The van der Waals surface area contributed by atoms with Gasteiger partial charge in [-0.25, -0.2) is 0 Å². The van der Waals surface area contributed by atoms with Gasteiger partial charge in [0.25, 0.3) is 0 Å². The van der Waals surface area contributed by atoms with Crippen molar-refractivity contribution >= 4 is 5.97 Å². The van der Waals surface area contributed by atoms with Crippen LogP contribution in [-0.2, 0) is 11.4 Å². The average molecular weight is 284 g/mol. The summed E-state index contributed by atoms with van der Waals surface area (Å²) in [5, 5.41) is 9.29. The highest BCUT2D eigenvalue weighted by atomic mass is 16.5. The SMILES string of the molecule is CC(C)[C@@H](C(=O)O)c1ccc(OCc2ccccc2)cc1. The van der Waals surface area contributed by atoms with Gasteiger partial charge in [0, 0.05) is 0 Å². The largest absolute Gasteiger partial charge is 0.489 e. The summed E-state index contributed by atoms with van der Waals surface area (Å²) in [7, 11) is 0. The highest BCUT2D eigenvalue weighted by molar-refractivity contribution is 5.76. The predicted molar refractivity (Wildman–Crippen MR) is 82.4 cm³/mol. The van der Waals surface area contributed by atoms with Gasteiger partial charge in [0.1, 0.15) is 12.4 Å². The Morgan fingerprint density at radius 2 is 1.67 bits per heavy atom. The van der Waals surface area contributed by atoms with Crippen molar-refractivity contribution in [2.24, 2.45) is 5.92 Å². The standard InChI is InChI=1S/C18H20O3/c1-13(2)17(18(19)20)15-8-10-16(11-9-15)21-12-14-6-4-3-5-7-14/h3-11,13,17H,12H2,1-2H3,(H,19,20)/t17-/m1/s1. The van der Waals surface area contributed by atoms with Crippen LogP contribution in [0.1, 0.15) is 30.9 Å². The van der Waals surface area contributed by atoms with Crippen molar-refractivity contribution in [2.45, 2.75) is 26.4 Å². The smallest absolute Gasteiger partial charge is 0.311 e. The number of carboxylic acids is 1. The number of aliphatic carboxylic acids is 1. The molecular formula is C18H20O3. The number of rotatable bonds is 6. The molecule has 0 radical (unpaired) electrons. The van der Waals surface area contributed by atoms with E-state index < -0.39 is 11.9 Å². The lowest BCUT2D eigenvalue weighted by molar-refractivity contribution is -0.139. The van der Waals surface area contributed by atoms with Gasteiger partial charge in [-0.15, -0.1) is 0 Å². The lowest BCUT2D eigenvalue weighted by Gasteiger charge is -2.17. The fraction of sp³-hybridized carbons (Fsp3) is 0.278. The van der Waals surface area contributed by atoms with Crippen molar-refractivity contribution in [3.8, 4) is 5.75 Å². The summed E-state index contributed by atoms with van der Waals surface area (Å²) in [6.07, 6.45) is 0. The third kappa shape index (κ3) is 4.09. The molecule has 1 atom stereocenters. The second-order valence-electron chi connectivity index (χ2n) is 5.40. The van der Waals surface area contributed by atoms with Gasteiger partial charge < -0.3 is 9.84 Å². The summed E-state index contributed by atoms with van der Waals surface area (Å²) in [5.74, 6) is -0.467. The van der Waals surface area contributed by atoms with Crippen molar-refractivity contribution in [3.63, 3.8) is 0 Å². The molecule has 0 fully saturated rings. The minimum Gasteiger partial charge on any atom is -0.489 e. The molecule has 0 unspecified atom stereocenters. The number of hydrogen-bond acceptors (Lipinski definition) is 2. The van der Waals surface area contributed by atoms with E-state index in [1.165, 1.54) is 0 Å². The number of ether oxygens (including phenoxy) is 1. The van der Waals surface area contributed by atoms with Crippen LogP contribution in [0, 0.1) is 5.92 Å². The van der Waals surface area contributed by atoms with Gasteiger partial charge in [-0.3, -0.25) is 4.79 Å². The van der Waals surface area contributed by atoms with Crippen molar-refractivity contribution in [2.75, 3.05) is 0 Å². The maximum absolute atomic E-state index is 11.3. The Balaban J connectivity index is 2.03. The molecule has 0 amide bonds. The van der Waals surface area contributed by atoms with Crippen LogP contribution in [0.5, 0.6) is 5.75 Å². The molecule has 1 N–H and O–H groups in total. The van der Waals surface area contributed by atoms with E-state index in [1.54, 1.807) is 0 Å². The molecule has 0 spiro atoms. The Morgan fingerprint density at radius 3 is 2.19 bits per heavy atom. The van der Waals surface area contributed by atoms with E-state index in [0.717, 1.165) is 16.9 Å². The van der Waals surface area contributed by atoms with Crippen molar-refractivity contribution in [3.05, 3.63) is 65.7 Å². The van der Waals surface area contributed by atoms with E-state index in [2.05, 4.69) is 0 Å². The quantitative estimate of drug-likeness (QED) is 0.869. The summed E-state index contributed by atoms with van der Waals surface area (Å²) < 4.78 is 5.70. The summed E-state index contributed by atoms with van der Waals surface area (Å²) in [6.45, 7) is 4.34. The van der Waals surface area contributed by atoms with Crippen LogP contribution in [0.25, 0.3) is 0 Å². The Kier molecular flexibility index (Phi) is 4.99. The van der Waals surface area contributed by atoms with Crippen LogP contribution in [0.2, 0.25) is 0 Å². The van der Waals surface area contributed by atoms with E-state index >= 15 is 0 Å². The molecule has 0 aliphatic heterocycles. The minimum absolute atomic E-state index is 0.0542. The predicted octanol–water partition coefficient (Wildman–Crippen LogP) is 4.09. The van der Waals surface area contributed by atoms with Gasteiger partial charge in [-0.05, 0) is 29.2 Å². The molecular weight excluding hydrogens is 264 g/mol. The second-order valence-corrected chi connectivity index (χ2v) is 5.40. The number of carboxylic acid groups (broad SMARTS) is 1. The van der Waals surface area contributed by atoms with Crippen LogP contribution in [-0.4, -0.2) is 11.1 Å². The van der Waals surface area contributed by atoms with Crippen LogP contribution in [0.15, 0.2) is 54.6 Å². The van der Waals surface area contributed by atoms with E-state index in [9.17, 15) is 9.90 Å². The third-order valence-electron chi connectivity index (χ3n) is 3.42. The second kappa shape index (κ2) is 6.93. The molecule has 2 aromatic carbocycles. The highest BCUT2D eigenvalue weighted by Gasteiger charge is 2.23. The van der Waals surface area contributed by atoms with E-state index in [1.807, 2.05) is 68.4 Å². The van der Waals surface area contributed by atoms with Crippen LogP contribution >= 0.6 is 0 Å². The van der Waals surface area contributed by atoms with Gasteiger partial charge in [0.2, 0.25) is 0 Å². The molecule has 0 aliphatic carbocycles. The molecule has 21 heavy (non-hydrogen) atoms. The molecule has 3 heteroatoms. The molecule has 0 bridgehead atoms. The first kappa shape index (κ1) is 15.1.